The molecule has 0 saturated carbocycles. The molecule has 7 nitrogen and oxygen atoms in total. The smallest absolute Gasteiger partial charge is 0.271 e. The molecule has 0 aliphatic carbocycles. The van der Waals surface area contributed by atoms with Gasteiger partial charge in [0.15, 0.2) is 0 Å². The van der Waals surface area contributed by atoms with Crippen LogP contribution in [0.4, 0.5) is 0 Å². The number of hydrogen-bond acceptors (Lipinski definition) is 7. The lowest BCUT2D eigenvalue weighted by atomic mass is 10.0. The summed E-state index contributed by atoms with van der Waals surface area (Å²) >= 11 is 0. The minimum absolute atomic E-state index is 0.159. The van der Waals surface area contributed by atoms with Crippen molar-refractivity contribution in [3.05, 3.63) is 186 Å². The zero-order chi connectivity index (χ0) is 70.6. The second-order valence-electron chi connectivity index (χ2n) is 28.4. The summed E-state index contributed by atoms with van der Waals surface area (Å²) in [5.74, 6) is 0.159. The molecule has 0 spiro atoms. The van der Waals surface area contributed by atoms with Crippen LogP contribution in [0.3, 0.4) is 0 Å². The molecule has 9 heteroatoms. The third-order valence-electron chi connectivity index (χ3n) is 17.7. The standard InChI is InChI=1S/C85H142O7P2/c1-69(2)35-19-36-70(3)37-20-38-71(4)39-21-40-72(5)41-22-42-73(6)43-23-44-74(7)45-24-46-75(8)47-25-48-76(9)49-26-50-77(10)51-27-52-78(11)53-28-54-79(12)55-29-56-80(13)57-30-58-81(14)59-31-60-82(15)61-32-62-83(16)63-33-64-84(17)65-34-66-85(18)67-68-91-94(89,90)92-93(86,87)88/h35,37,39,41,43,45,47,49,51,53,55,57,59,61,63,65,85H,19-34,36,38,40,42,44,46,48,50,52,54,56,58,60,62,64,66-68H2,1-18H3,(H,89,90)(H2,86,87,88)/p-3/b70-37+,71-39+,72-41-,73-43-,74-45-,75-47-,76-49-,77-51-,78-53-,79-55-,80-57-,81-59-,82-61-,83-63-,84-65-. The van der Waals surface area contributed by atoms with Gasteiger partial charge >= 0.3 is 0 Å². The molecule has 0 aromatic rings. The van der Waals surface area contributed by atoms with Crippen molar-refractivity contribution in [3.8, 4) is 0 Å². The Bertz CT molecular complexity index is 2750. The predicted octanol–water partition coefficient (Wildman–Crippen LogP) is 27.0. The lowest BCUT2D eigenvalue weighted by molar-refractivity contribution is -0.339. The zero-order valence-corrected chi connectivity index (χ0v) is 65.4. The fourth-order valence-corrected chi connectivity index (χ4v) is 12.5. The van der Waals surface area contributed by atoms with Gasteiger partial charge in [-0.3, -0.25) is 8.88 Å². The van der Waals surface area contributed by atoms with E-state index >= 15 is 0 Å². The van der Waals surface area contributed by atoms with E-state index in [2.05, 4.69) is 224 Å². The first-order valence-electron chi connectivity index (χ1n) is 36.6. The van der Waals surface area contributed by atoms with E-state index in [-0.39, 0.29) is 12.5 Å². The van der Waals surface area contributed by atoms with Crippen molar-refractivity contribution in [3.63, 3.8) is 0 Å². The molecule has 0 N–H and O–H groups in total. The largest absolute Gasteiger partial charge is 0.790 e. The molecule has 0 aliphatic heterocycles. The highest BCUT2D eigenvalue weighted by atomic mass is 31.3. The SMILES string of the molecule is CC(C)=CCC/C(C)=C/CC/C(C)=C/CC/C(C)=C\CC/C(C)=C\CC/C(C)=C\CC/C(C)=C\CC/C(C)=C\CC/C(C)=C\CC/C(C)=C\CC/C(C)=C\CC/C(C)=C\CC/C(C)=C\CC/C(C)=C\CC/C(C)=C\CC/C(C)=C\CCC(C)CCOP(=O)([O-])OP(=O)([O-])[O-]. The Balaban J connectivity index is 4.34. The van der Waals surface area contributed by atoms with Crippen LogP contribution in [0.1, 0.15) is 337 Å². The monoisotopic (exact) mass is 1330 g/mol. The molecule has 0 fully saturated rings. The number of allylic oxidation sites excluding steroid dienone is 32. The predicted molar refractivity (Wildman–Crippen MR) is 410 cm³/mol. The van der Waals surface area contributed by atoms with Crippen LogP contribution in [0.15, 0.2) is 186 Å². The molecular formula is C85H139O7P2-3. The van der Waals surface area contributed by atoms with Crippen LogP contribution in [0.25, 0.3) is 0 Å². The van der Waals surface area contributed by atoms with E-state index in [1.165, 1.54) is 115 Å². The maximum Gasteiger partial charge on any atom is 0.271 e. The minimum Gasteiger partial charge on any atom is -0.790 e. The summed E-state index contributed by atoms with van der Waals surface area (Å²) in [6.45, 7) is 40.3. The van der Waals surface area contributed by atoms with Gasteiger partial charge in [0.1, 0.15) is 0 Å². The maximum absolute atomic E-state index is 11.4. The van der Waals surface area contributed by atoms with Crippen molar-refractivity contribution in [2.45, 2.75) is 337 Å². The van der Waals surface area contributed by atoms with E-state index in [1.54, 1.807) is 0 Å². The minimum atomic E-state index is -5.66. The second-order valence-corrected chi connectivity index (χ2v) is 31.1. The van der Waals surface area contributed by atoms with E-state index in [9.17, 15) is 23.8 Å². The summed E-state index contributed by atoms with van der Waals surface area (Å²) in [5, 5.41) is 0. The molecule has 0 rings (SSSR count). The van der Waals surface area contributed by atoms with Crippen molar-refractivity contribution in [1.82, 2.24) is 0 Å². The fraction of sp³-hybridized carbons (Fsp3) is 0.624. The second kappa shape index (κ2) is 56.0. The highest BCUT2D eigenvalue weighted by Gasteiger charge is 2.13. The van der Waals surface area contributed by atoms with Crippen molar-refractivity contribution in [2.75, 3.05) is 6.61 Å². The normalized spacial score (nSPS) is 16.0. The first-order valence-corrected chi connectivity index (χ1v) is 39.5. The van der Waals surface area contributed by atoms with Gasteiger partial charge in [-0.1, -0.05) is 193 Å². The highest BCUT2D eigenvalue weighted by Crippen LogP contribution is 2.50. The van der Waals surface area contributed by atoms with Crippen molar-refractivity contribution < 1.29 is 32.6 Å². The van der Waals surface area contributed by atoms with Crippen LogP contribution >= 0.6 is 15.6 Å². The average molecular weight is 1330 g/mol. The molecule has 0 bridgehead atoms. The summed E-state index contributed by atoms with van der Waals surface area (Å²) in [6.07, 6.45) is 74.8. The molecular weight excluding hydrogens is 1190 g/mol. The summed E-state index contributed by atoms with van der Waals surface area (Å²) in [7, 11) is -10.8. The Morgan fingerprint density at radius 1 is 0.266 bits per heavy atom. The molecule has 0 aromatic carbocycles. The van der Waals surface area contributed by atoms with E-state index in [0.29, 0.717) is 6.42 Å². The summed E-state index contributed by atoms with van der Waals surface area (Å²) in [6, 6.07) is 0. The van der Waals surface area contributed by atoms with Crippen LogP contribution in [-0.4, -0.2) is 6.61 Å². The Hall–Kier alpha value is -3.90. The summed E-state index contributed by atoms with van der Waals surface area (Å²) in [4.78, 5) is 32.5. The van der Waals surface area contributed by atoms with Gasteiger partial charge in [-0.15, -0.1) is 0 Å². The molecule has 534 valence electrons. The third-order valence-corrected chi connectivity index (χ3v) is 19.8. The molecule has 2 unspecified atom stereocenters. The van der Waals surface area contributed by atoms with Gasteiger partial charge < -0.3 is 23.8 Å². The number of hydrogen-bond donors (Lipinski definition) is 0. The Kier molecular flexibility index (Phi) is 53.7. The quantitative estimate of drug-likeness (QED) is 0.0439. The topological polar surface area (TPSA) is 122 Å². The third kappa shape index (κ3) is 60.5. The number of phosphoric ester groups is 1. The fourth-order valence-electron chi connectivity index (χ4n) is 11.0. The van der Waals surface area contributed by atoms with Crippen LogP contribution in [-0.2, 0) is 18.0 Å². The Morgan fingerprint density at radius 3 is 0.585 bits per heavy atom. The number of rotatable bonds is 54. The first-order chi connectivity index (χ1) is 44.4. The van der Waals surface area contributed by atoms with Gasteiger partial charge in [-0.05, 0) is 336 Å². The van der Waals surface area contributed by atoms with Gasteiger partial charge in [-0.2, -0.15) is 0 Å². The van der Waals surface area contributed by atoms with Gasteiger partial charge in [-0.25, -0.2) is 0 Å². The zero-order valence-electron chi connectivity index (χ0n) is 63.6. The van der Waals surface area contributed by atoms with Crippen LogP contribution < -0.4 is 14.7 Å². The maximum atomic E-state index is 11.4. The Labute approximate surface area is 580 Å². The molecule has 0 aliphatic rings. The lowest BCUT2D eigenvalue weighted by Gasteiger charge is -2.35. The van der Waals surface area contributed by atoms with Crippen LogP contribution in [0.5, 0.6) is 0 Å². The summed E-state index contributed by atoms with van der Waals surface area (Å²) in [5.41, 5.74) is 23.8. The molecule has 0 amide bonds. The van der Waals surface area contributed by atoms with Crippen molar-refractivity contribution in [2.24, 2.45) is 5.92 Å². The van der Waals surface area contributed by atoms with E-state index < -0.39 is 15.6 Å². The van der Waals surface area contributed by atoms with Crippen molar-refractivity contribution in [1.29, 1.82) is 0 Å². The van der Waals surface area contributed by atoms with Crippen LogP contribution in [0.2, 0.25) is 0 Å². The average Bonchev–Trinajstić information content (AvgIpc) is 1.52. The van der Waals surface area contributed by atoms with Gasteiger partial charge in [0.05, 0.1) is 14.4 Å². The van der Waals surface area contributed by atoms with E-state index in [4.69, 9.17) is 0 Å². The first kappa shape index (κ1) is 90.1. The summed E-state index contributed by atoms with van der Waals surface area (Å²) < 4.78 is 29.9. The molecule has 0 aromatic heterocycles. The van der Waals surface area contributed by atoms with Gasteiger partial charge in [0, 0.05) is 0 Å². The molecule has 0 heterocycles. The van der Waals surface area contributed by atoms with Crippen LogP contribution in [0, 0.1) is 5.92 Å². The lowest BCUT2D eigenvalue weighted by Crippen LogP contribution is -2.19. The van der Waals surface area contributed by atoms with E-state index in [1.807, 2.05) is 6.92 Å². The Morgan fingerprint density at radius 2 is 0.426 bits per heavy atom. The molecule has 2 atom stereocenters. The molecule has 94 heavy (non-hydrogen) atoms. The molecule has 0 saturated heterocycles. The van der Waals surface area contributed by atoms with Gasteiger partial charge in [0.25, 0.3) is 7.82 Å². The highest BCUT2D eigenvalue weighted by molar-refractivity contribution is 7.58. The van der Waals surface area contributed by atoms with Crippen molar-refractivity contribution >= 4 is 15.6 Å². The van der Waals surface area contributed by atoms with Gasteiger partial charge in [0.2, 0.25) is 0 Å². The number of phosphoric acid groups is 2. The molecule has 0 radical (unpaired) electrons. The van der Waals surface area contributed by atoms with E-state index in [0.717, 1.165) is 180 Å².